The van der Waals surface area contributed by atoms with E-state index in [0.29, 0.717) is 12.5 Å². The van der Waals surface area contributed by atoms with Crippen LogP contribution in [0.4, 0.5) is 0 Å². The Hall–Kier alpha value is -2.88. The second-order valence-electron chi connectivity index (χ2n) is 8.07. The van der Waals surface area contributed by atoms with Crippen LogP contribution in [0.3, 0.4) is 0 Å². The summed E-state index contributed by atoms with van der Waals surface area (Å²) < 4.78 is 1.92. The van der Waals surface area contributed by atoms with E-state index in [0.717, 1.165) is 22.5 Å². The summed E-state index contributed by atoms with van der Waals surface area (Å²) in [4.78, 5) is 5.67. The van der Waals surface area contributed by atoms with Crippen LogP contribution < -0.4 is 0 Å². The SMILES string of the molecule is Cc1ccc(C)c(-c2nn(-c3ccccc3)cc2/C=N/OCC2CCCCC2)c1. The highest BCUT2D eigenvalue weighted by atomic mass is 16.6. The molecule has 1 heterocycles. The van der Waals surface area contributed by atoms with Crippen LogP contribution in [0.1, 0.15) is 48.8 Å². The van der Waals surface area contributed by atoms with Gasteiger partial charge in [-0.2, -0.15) is 5.10 Å². The first-order chi connectivity index (χ1) is 14.2. The average molecular weight is 388 g/mol. The Morgan fingerprint density at radius 1 is 1.07 bits per heavy atom. The van der Waals surface area contributed by atoms with Crippen LogP contribution in [-0.2, 0) is 4.84 Å². The molecule has 0 radical (unpaired) electrons. The molecule has 150 valence electrons. The maximum absolute atomic E-state index is 5.67. The van der Waals surface area contributed by atoms with E-state index in [4.69, 9.17) is 9.94 Å². The van der Waals surface area contributed by atoms with E-state index in [1.165, 1.54) is 43.2 Å². The minimum Gasteiger partial charge on any atom is -0.396 e. The molecule has 0 bridgehead atoms. The van der Waals surface area contributed by atoms with Crippen LogP contribution in [0, 0.1) is 19.8 Å². The fourth-order valence-electron chi connectivity index (χ4n) is 3.99. The minimum atomic E-state index is 0.645. The minimum absolute atomic E-state index is 0.645. The monoisotopic (exact) mass is 387 g/mol. The Morgan fingerprint density at radius 2 is 1.86 bits per heavy atom. The smallest absolute Gasteiger partial charge is 0.120 e. The number of hydrogen-bond donors (Lipinski definition) is 0. The molecular formula is C25H29N3O. The first-order valence-corrected chi connectivity index (χ1v) is 10.6. The summed E-state index contributed by atoms with van der Waals surface area (Å²) >= 11 is 0. The normalized spacial score (nSPS) is 15.1. The molecule has 4 nitrogen and oxygen atoms in total. The van der Waals surface area contributed by atoms with Crippen molar-refractivity contribution in [2.45, 2.75) is 46.0 Å². The van der Waals surface area contributed by atoms with E-state index in [-0.39, 0.29) is 0 Å². The van der Waals surface area contributed by atoms with E-state index < -0.39 is 0 Å². The highest BCUT2D eigenvalue weighted by Gasteiger charge is 2.15. The van der Waals surface area contributed by atoms with Gasteiger partial charge in [-0.05, 0) is 56.4 Å². The third-order valence-corrected chi connectivity index (χ3v) is 5.71. The second kappa shape index (κ2) is 9.08. The van der Waals surface area contributed by atoms with Gasteiger partial charge in [0.2, 0.25) is 0 Å². The van der Waals surface area contributed by atoms with Crippen molar-refractivity contribution in [3.05, 3.63) is 71.4 Å². The molecule has 0 atom stereocenters. The average Bonchev–Trinajstić information content (AvgIpc) is 3.18. The van der Waals surface area contributed by atoms with E-state index in [1.54, 1.807) is 0 Å². The number of oxime groups is 1. The topological polar surface area (TPSA) is 39.4 Å². The largest absolute Gasteiger partial charge is 0.396 e. The predicted molar refractivity (Wildman–Crippen MR) is 119 cm³/mol. The lowest BCUT2D eigenvalue weighted by Gasteiger charge is -2.19. The Balaban J connectivity index is 1.61. The predicted octanol–water partition coefficient (Wildman–Crippen LogP) is 6.09. The van der Waals surface area contributed by atoms with Gasteiger partial charge in [-0.25, -0.2) is 4.68 Å². The van der Waals surface area contributed by atoms with E-state index in [1.807, 2.05) is 35.3 Å². The fourth-order valence-corrected chi connectivity index (χ4v) is 3.99. The molecule has 0 amide bonds. The van der Waals surface area contributed by atoms with Gasteiger partial charge in [-0.3, -0.25) is 0 Å². The van der Waals surface area contributed by atoms with Crippen molar-refractivity contribution < 1.29 is 4.84 Å². The van der Waals surface area contributed by atoms with Gasteiger partial charge in [-0.1, -0.05) is 60.3 Å². The number of aromatic nitrogens is 2. The molecule has 0 N–H and O–H groups in total. The number of para-hydroxylation sites is 1. The molecule has 1 saturated carbocycles. The lowest BCUT2D eigenvalue weighted by molar-refractivity contribution is 0.0928. The molecule has 0 spiro atoms. The number of nitrogens with zero attached hydrogens (tertiary/aromatic N) is 3. The van der Waals surface area contributed by atoms with Gasteiger partial charge in [0, 0.05) is 17.3 Å². The summed E-state index contributed by atoms with van der Waals surface area (Å²) in [5.41, 5.74) is 6.48. The number of aryl methyl sites for hydroxylation is 2. The van der Waals surface area contributed by atoms with Gasteiger partial charge < -0.3 is 4.84 Å². The van der Waals surface area contributed by atoms with Gasteiger partial charge >= 0.3 is 0 Å². The van der Waals surface area contributed by atoms with Gasteiger partial charge in [0.25, 0.3) is 0 Å². The first kappa shape index (κ1) is 19.4. The molecule has 2 aromatic carbocycles. The zero-order valence-corrected chi connectivity index (χ0v) is 17.3. The summed E-state index contributed by atoms with van der Waals surface area (Å²) in [6, 6.07) is 16.6. The van der Waals surface area contributed by atoms with Gasteiger partial charge in [-0.15, -0.1) is 0 Å². The molecule has 3 aromatic rings. The fraction of sp³-hybridized carbons (Fsp3) is 0.360. The number of hydrogen-bond acceptors (Lipinski definition) is 3. The van der Waals surface area contributed by atoms with Crippen LogP contribution >= 0.6 is 0 Å². The maximum Gasteiger partial charge on any atom is 0.120 e. The highest BCUT2D eigenvalue weighted by molar-refractivity contribution is 5.89. The Morgan fingerprint density at radius 3 is 2.66 bits per heavy atom. The van der Waals surface area contributed by atoms with Gasteiger partial charge in [0.05, 0.1) is 11.9 Å². The molecule has 4 heteroatoms. The molecule has 1 aromatic heterocycles. The van der Waals surface area contributed by atoms with Crippen molar-refractivity contribution in [1.29, 1.82) is 0 Å². The highest BCUT2D eigenvalue weighted by Crippen LogP contribution is 2.27. The summed E-state index contributed by atoms with van der Waals surface area (Å²) in [6.07, 6.45) is 10.4. The Kier molecular flexibility index (Phi) is 6.09. The number of benzene rings is 2. The van der Waals surface area contributed by atoms with E-state index >= 15 is 0 Å². The van der Waals surface area contributed by atoms with Crippen LogP contribution in [0.2, 0.25) is 0 Å². The molecule has 4 rings (SSSR count). The van der Waals surface area contributed by atoms with Gasteiger partial charge in [0.1, 0.15) is 12.3 Å². The zero-order valence-electron chi connectivity index (χ0n) is 17.3. The van der Waals surface area contributed by atoms with Crippen molar-refractivity contribution in [1.82, 2.24) is 9.78 Å². The lowest BCUT2D eigenvalue weighted by Crippen LogP contribution is -2.11. The molecule has 0 saturated heterocycles. The first-order valence-electron chi connectivity index (χ1n) is 10.6. The molecule has 1 fully saturated rings. The van der Waals surface area contributed by atoms with Crippen molar-refractivity contribution >= 4 is 6.21 Å². The number of rotatable bonds is 6. The molecule has 0 unspecified atom stereocenters. The maximum atomic E-state index is 5.67. The molecular weight excluding hydrogens is 358 g/mol. The van der Waals surface area contributed by atoms with Crippen molar-refractivity contribution in [2.24, 2.45) is 11.1 Å². The zero-order chi connectivity index (χ0) is 20.1. The van der Waals surface area contributed by atoms with E-state index in [2.05, 4.69) is 49.3 Å². The molecule has 1 aliphatic carbocycles. The summed E-state index contributed by atoms with van der Waals surface area (Å²) in [5, 5.41) is 9.19. The van der Waals surface area contributed by atoms with Crippen molar-refractivity contribution in [3.8, 4) is 16.9 Å². The van der Waals surface area contributed by atoms with Crippen LogP contribution in [0.5, 0.6) is 0 Å². The standard InChI is InChI=1S/C25H29N3O/c1-19-13-14-20(2)24(15-19)25-22(16-26-29-18-21-9-5-3-6-10-21)17-28(27-25)23-11-7-4-8-12-23/h4,7-8,11-17,21H,3,5-6,9-10,18H2,1-2H3/b26-16+. The second-order valence-corrected chi connectivity index (χ2v) is 8.07. The third-order valence-electron chi connectivity index (χ3n) is 5.71. The van der Waals surface area contributed by atoms with E-state index in [9.17, 15) is 0 Å². The third kappa shape index (κ3) is 4.76. The van der Waals surface area contributed by atoms with Crippen LogP contribution in [-0.4, -0.2) is 22.6 Å². The summed E-state index contributed by atoms with van der Waals surface area (Å²) in [5.74, 6) is 0.645. The quantitative estimate of drug-likeness (QED) is 0.379. The van der Waals surface area contributed by atoms with Gasteiger partial charge in [0.15, 0.2) is 0 Å². The van der Waals surface area contributed by atoms with Crippen molar-refractivity contribution in [2.75, 3.05) is 6.61 Å². The Bertz CT molecular complexity index is 969. The van der Waals surface area contributed by atoms with Crippen molar-refractivity contribution in [3.63, 3.8) is 0 Å². The summed E-state index contributed by atoms with van der Waals surface area (Å²) in [6.45, 7) is 4.94. The molecule has 1 aliphatic rings. The summed E-state index contributed by atoms with van der Waals surface area (Å²) in [7, 11) is 0. The Labute approximate surface area is 173 Å². The van der Waals surface area contributed by atoms with Crippen LogP contribution in [0.15, 0.2) is 59.9 Å². The molecule has 29 heavy (non-hydrogen) atoms. The lowest BCUT2D eigenvalue weighted by atomic mass is 9.90. The van der Waals surface area contributed by atoms with Crippen LogP contribution in [0.25, 0.3) is 16.9 Å². The molecule has 0 aliphatic heterocycles.